The van der Waals surface area contributed by atoms with E-state index in [1.165, 1.54) is 0 Å². The first-order chi connectivity index (χ1) is 0. The number of hydrogen-bond acceptors (Lipinski definition) is 0. The molecule has 8 N–H and O–H groups in total. The Hall–Kier alpha value is 1.50. The minimum Gasteiger partial charge on any atom is -0.412 e. The van der Waals surface area contributed by atoms with E-state index >= 15 is 0 Å². The molecule has 0 saturated heterocycles. The smallest absolute Gasteiger partial charge is 0 e. The van der Waals surface area contributed by atoms with Gasteiger partial charge in [-0.05, 0) is 0 Å². The molecule has 0 rings (SSSR count). The van der Waals surface area contributed by atoms with E-state index in [4.69, 9.17) is 0 Å². The summed E-state index contributed by atoms with van der Waals surface area (Å²) in [4.78, 5) is 0. The van der Waals surface area contributed by atoms with Crippen LogP contribution in [0.15, 0.2) is 0 Å². The molecule has 50 valence electrons. The fraction of sp³-hybridized carbons (Fsp3) is 0. The van der Waals surface area contributed by atoms with Gasteiger partial charge in [0.15, 0.2) is 0 Å². The maximum atomic E-state index is 0. The Morgan fingerprint density at radius 2 is 0.429 bits per heavy atom. The molecule has 0 aliphatic carbocycles. The van der Waals surface area contributed by atoms with Gasteiger partial charge in [-0.1, -0.05) is 0 Å². The van der Waals surface area contributed by atoms with Crippen LogP contribution in [0, 0.1) is 0 Å². The third-order valence-corrected chi connectivity index (χ3v) is 0. The second-order valence-corrected chi connectivity index (χ2v) is 0. The fourth-order valence-electron chi connectivity index (χ4n) is 0. The first kappa shape index (κ1) is 212. The van der Waals surface area contributed by atoms with Crippen molar-refractivity contribution in [3.8, 4) is 0 Å². The monoisotopic (exact) mass is 248 g/mol. The first-order valence-electron chi connectivity index (χ1n) is 0. The molecular weight excluding hydrogens is 241 g/mol. The van der Waals surface area contributed by atoms with Crippen LogP contribution < -0.4 is 0 Å². The van der Waals surface area contributed by atoms with Gasteiger partial charge in [0.05, 0.1) is 0 Å². The van der Waals surface area contributed by atoms with Crippen molar-refractivity contribution in [2.45, 2.75) is 0 Å². The molecule has 0 aromatic rings. The largest absolute Gasteiger partial charge is 0.412 e. The molecule has 7 heteroatoms. The predicted octanol–water partition coefficient (Wildman–Crippen LogP) is -3.31. The molecule has 0 aromatic heterocycles. The van der Waals surface area contributed by atoms with Crippen LogP contribution in [0.4, 0.5) is 0 Å². The summed E-state index contributed by atoms with van der Waals surface area (Å²) in [5.74, 6) is 0. The molecule has 0 atom stereocenters. The average molecular weight is 249 g/mol. The molecule has 0 unspecified atom stereocenters. The SMILES string of the molecule is O.O.O.O.[Fe].[Fe].[Zn]. The molecule has 0 aliphatic heterocycles. The Kier molecular flexibility index (Phi) is 4260. The third kappa shape index (κ3) is 101. The summed E-state index contributed by atoms with van der Waals surface area (Å²) < 4.78 is 0. The van der Waals surface area contributed by atoms with Gasteiger partial charge in [0, 0.05) is 53.6 Å². The van der Waals surface area contributed by atoms with E-state index in [-0.39, 0.29) is 75.5 Å². The van der Waals surface area contributed by atoms with Gasteiger partial charge in [-0.15, -0.1) is 0 Å². The Bertz CT molecular complexity index is 9.65. The summed E-state index contributed by atoms with van der Waals surface area (Å²) >= 11 is 0. The van der Waals surface area contributed by atoms with Crippen LogP contribution in [-0.2, 0) is 53.6 Å². The van der Waals surface area contributed by atoms with Crippen molar-refractivity contribution in [3.63, 3.8) is 0 Å². The van der Waals surface area contributed by atoms with Crippen molar-refractivity contribution in [1.29, 1.82) is 0 Å². The maximum Gasteiger partial charge on any atom is 0 e. The van der Waals surface area contributed by atoms with E-state index in [0.717, 1.165) is 0 Å². The van der Waals surface area contributed by atoms with E-state index in [2.05, 4.69) is 0 Å². The van der Waals surface area contributed by atoms with Gasteiger partial charge in [0.25, 0.3) is 0 Å². The molecular formula is H8Fe2O4Zn. The van der Waals surface area contributed by atoms with Crippen molar-refractivity contribution in [2.75, 3.05) is 0 Å². The van der Waals surface area contributed by atoms with Gasteiger partial charge < -0.3 is 21.9 Å². The van der Waals surface area contributed by atoms with Crippen LogP contribution in [0.1, 0.15) is 0 Å². The molecule has 0 bridgehead atoms. The van der Waals surface area contributed by atoms with Crippen LogP contribution in [-0.4, -0.2) is 21.9 Å². The van der Waals surface area contributed by atoms with Crippen LogP contribution >= 0.6 is 0 Å². The van der Waals surface area contributed by atoms with Crippen LogP contribution in [0.2, 0.25) is 0 Å². The molecule has 0 spiro atoms. The Morgan fingerprint density at radius 1 is 0.429 bits per heavy atom. The molecule has 0 saturated carbocycles. The van der Waals surface area contributed by atoms with Gasteiger partial charge in [-0.25, -0.2) is 0 Å². The topological polar surface area (TPSA) is 126 Å². The van der Waals surface area contributed by atoms with Crippen LogP contribution in [0.5, 0.6) is 0 Å². The third-order valence-electron chi connectivity index (χ3n) is 0. The van der Waals surface area contributed by atoms with Gasteiger partial charge in [0.2, 0.25) is 0 Å². The summed E-state index contributed by atoms with van der Waals surface area (Å²) in [6, 6.07) is 0. The van der Waals surface area contributed by atoms with Crippen molar-refractivity contribution in [3.05, 3.63) is 0 Å². The Balaban J connectivity index is 0. The summed E-state index contributed by atoms with van der Waals surface area (Å²) in [5.41, 5.74) is 0. The Morgan fingerprint density at radius 3 is 0.429 bits per heavy atom. The standard InChI is InChI=1S/2Fe.4H2O.Zn/h;;4*1H2;. The zero-order valence-corrected chi connectivity index (χ0v) is 8.59. The van der Waals surface area contributed by atoms with E-state index in [0.29, 0.717) is 0 Å². The van der Waals surface area contributed by atoms with Gasteiger partial charge in [0.1, 0.15) is 0 Å². The number of rotatable bonds is 0. The second kappa shape index (κ2) is 141. The maximum absolute atomic E-state index is 0. The minimum absolute atomic E-state index is 0. The molecule has 0 heterocycles. The normalized spacial score (nSPS) is 0. The zero-order valence-electron chi connectivity index (χ0n) is 3.41. The van der Waals surface area contributed by atoms with E-state index in [1.54, 1.807) is 0 Å². The van der Waals surface area contributed by atoms with Gasteiger partial charge in [-0.2, -0.15) is 0 Å². The minimum atomic E-state index is 0. The molecule has 7 heavy (non-hydrogen) atoms. The summed E-state index contributed by atoms with van der Waals surface area (Å²) in [5, 5.41) is 0. The zero-order chi connectivity index (χ0) is 0. The van der Waals surface area contributed by atoms with Crippen molar-refractivity contribution in [2.24, 2.45) is 0 Å². The van der Waals surface area contributed by atoms with Crippen LogP contribution in [0.25, 0.3) is 0 Å². The molecule has 0 amide bonds. The molecule has 0 aromatic carbocycles. The average Bonchev–Trinajstić information content (AvgIpc) is 0. The quantitative estimate of drug-likeness (QED) is 0.398. The first-order valence-corrected chi connectivity index (χ1v) is 0. The van der Waals surface area contributed by atoms with Crippen molar-refractivity contribution < 1.29 is 75.5 Å². The van der Waals surface area contributed by atoms with E-state index in [1.807, 2.05) is 0 Å². The number of hydrogen-bond donors (Lipinski definition) is 0. The van der Waals surface area contributed by atoms with Gasteiger partial charge >= 0.3 is 0 Å². The fourth-order valence-corrected chi connectivity index (χ4v) is 0. The molecule has 4 nitrogen and oxygen atoms in total. The van der Waals surface area contributed by atoms with Gasteiger partial charge in [-0.3, -0.25) is 0 Å². The summed E-state index contributed by atoms with van der Waals surface area (Å²) in [7, 11) is 0. The molecule has 0 radical (unpaired) electrons. The second-order valence-electron chi connectivity index (χ2n) is 0. The Labute approximate surface area is 75.4 Å². The van der Waals surface area contributed by atoms with Crippen molar-refractivity contribution in [1.82, 2.24) is 0 Å². The molecule has 0 fully saturated rings. The summed E-state index contributed by atoms with van der Waals surface area (Å²) in [6.45, 7) is 0. The van der Waals surface area contributed by atoms with E-state index < -0.39 is 0 Å². The summed E-state index contributed by atoms with van der Waals surface area (Å²) in [6.07, 6.45) is 0. The predicted molar refractivity (Wildman–Crippen MR) is 14.5 cm³/mol. The van der Waals surface area contributed by atoms with Crippen molar-refractivity contribution >= 4 is 0 Å². The van der Waals surface area contributed by atoms with Crippen LogP contribution in [0.3, 0.4) is 0 Å². The molecule has 0 aliphatic rings. The van der Waals surface area contributed by atoms with E-state index in [9.17, 15) is 0 Å².